The second kappa shape index (κ2) is 8.56. The van der Waals surface area contributed by atoms with Crippen LogP contribution in [0.5, 0.6) is 5.75 Å². The highest BCUT2D eigenvalue weighted by Crippen LogP contribution is 2.36. The Bertz CT molecular complexity index is 1100. The molecule has 0 saturated heterocycles. The normalized spacial score (nSPS) is 16.0. The minimum absolute atomic E-state index is 0.104. The van der Waals surface area contributed by atoms with E-state index in [4.69, 9.17) is 4.84 Å². The number of aromatic nitrogens is 2. The molecule has 1 fully saturated rings. The average molecular weight is 435 g/mol. The Morgan fingerprint density at radius 1 is 1.13 bits per heavy atom. The second-order valence-corrected chi connectivity index (χ2v) is 7.52. The average Bonchev–Trinajstić information content (AvgIpc) is 3.15. The highest BCUT2D eigenvalue weighted by Gasteiger charge is 2.33. The molecule has 0 spiro atoms. The molecule has 5 nitrogen and oxygen atoms in total. The zero-order valence-corrected chi connectivity index (χ0v) is 16.8. The number of fused-ring (bicyclic) bond motifs is 1. The molecular formula is C22H21F4N3O2. The van der Waals surface area contributed by atoms with Gasteiger partial charge in [0.05, 0.1) is 16.6 Å². The van der Waals surface area contributed by atoms with Crippen molar-refractivity contribution in [1.29, 1.82) is 0 Å². The van der Waals surface area contributed by atoms with Crippen molar-refractivity contribution in [3.8, 4) is 16.9 Å². The van der Waals surface area contributed by atoms with Crippen LogP contribution in [0.1, 0.15) is 44.9 Å². The van der Waals surface area contributed by atoms with E-state index >= 15 is 0 Å². The van der Waals surface area contributed by atoms with Gasteiger partial charge in [-0.25, -0.2) is 9.37 Å². The number of hydrogen-bond acceptors (Lipinski definition) is 4. The first-order valence-corrected chi connectivity index (χ1v) is 10.1. The fourth-order valence-corrected chi connectivity index (χ4v) is 3.70. The molecule has 0 radical (unpaired) electrons. The number of nitrogens with one attached hydrogen (secondary N) is 1. The SMILES string of the molecule is C/C(=N\OC1CCCCC1)c1nc2ccc(-c3c(F)cccc3OC(F)(F)F)cc2[nH]1. The monoisotopic (exact) mass is 435 g/mol. The lowest BCUT2D eigenvalue weighted by molar-refractivity contribution is -0.274. The van der Waals surface area contributed by atoms with Crippen molar-refractivity contribution < 1.29 is 27.1 Å². The molecule has 1 aromatic heterocycles. The van der Waals surface area contributed by atoms with E-state index in [-0.39, 0.29) is 17.2 Å². The third-order valence-corrected chi connectivity index (χ3v) is 5.21. The minimum Gasteiger partial charge on any atom is -0.405 e. The molecule has 31 heavy (non-hydrogen) atoms. The van der Waals surface area contributed by atoms with E-state index in [0.717, 1.165) is 37.8 Å². The molecule has 0 atom stereocenters. The summed E-state index contributed by atoms with van der Waals surface area (Å²) in [6.45, 7) is 1.76. The van der Waals surface area contributed by atoms with Gasteiger partial charge in [-0.15, -0.1) is 13.2 Å². The number of ether oxygens (including phenoxy) is 1. The van der Waals surface area contributed by atoms with Crippen LogP contribution in [0, 0.1) is 5.82 Å². The molecule has 1 saturated carbocycles. The summed E-state index contributed by atoms with van der Waals surface area (Å²) in [4.78, 5) is 13.1. The number of alkyl halides is 3. The summed E-state index contributed by atoms with van der Waals surface area (Å²) in [6, 6.07) is 7.96. The quantitative estimate of drug-likeness (QED) is 0.289. The van der Waals surface area contributed by atoms with Crippen LogP contribution in [-0.2, 0) is 4.84 Å². The van der Waals surface area contributed by atoms with Gasteiger partial charge in [-0.1, -0.05) is 23.7 Å². The number of hydrogen-bond donors (Lipinski definition) is 1. The Morgan fingerprint density at radius 2 is 1.90 bits per heavy atom. The second-order valence-electron chi connectivity index (χ2n) is 7.52. The summed E-state index contributed by atoms with van der Waals surface area (Å²) in [6.07, 6.45) is 0.598. The van der Waals surface area contributed by atoms with Crippen LogP contribution in [0.2, 0.25) is 0 Å². The fourth-order valence-electron chi connectivity index (χ4n) is 3.70. The van der Waals surface area contributed by atoms with Gasteiger partial charge in [-0.2, -0.15) is 0 Å². The van der Waals surface area contributed by atoms with Gasteiger partial charge >= 0.3 is 6.36 Å². The van der Waals surface area contributed by atoms with Crippen molar-refractivity contribution >= 4 is 16.7 Å². The van der Waals surface area contributed by atoms with Crippen molar-refractivity contribution in [1.82, 2.24) is 9.97 Å². The number of H-pyrrole nitrogens is 1. The van der Waals surface area contributed by atoms with Gasteiger partial charge in [-0.05, 0) is 62.4 Å². The number of imidazole rings is 1. The molecule has 9 heteroatoms. The van der Waals surface area contributed by atoms with Crippen molar-refractivity contribution in [3.05, 3.63) is 48.0 Å². The molecule has 0 amide bonds. The largest absolute Gasteiger partial charge is 0.573 e. The minimum atomic E-state index is -4.93. The van der Waals surface area contributed by atoms with E-state index in [1.807, 2.05) is 0 Å². The van der Waals surface area contributed by atoms with Gasteiger partial charge in [-0.3, -0.25) is 0 Å². The van der Waals surface area contributed by atoms with Crippen molar-refractivity contribution in [2.45, 2.75) is 51.5 Å². The molecule has 0 unspecified atom stereocenters. The van der Waals surface area contributed by atoms with E-state index < -0.39 is 17.9 Å². The first-order valence-electron chi connectivity index (χ1n) is 10.1. The van der Waals surface area contributed by atoms with Gasteiger partial charge in [0.2, 0.25) is 0 Å². The van der Waals surface area contributed by atoms with E-state index in [1.54, 1.807) is 13.0 Å². The van der Waals surface area contributed by atoms with Crippen LogP contribution >= 0.6 is 0 Å². The molecule has 1 N–H and O–H groups in total. The highest BCUT2D eigenvalue weighted by molar-refractivity contribution is 5.98. The molecule has 1 aliphatic carbocycles. The van der Waals surface area contributed by atoms with E-state index in [2.05, 4.69) is 19.9 Å². The first kappa shape index (κ1) is 21.1. The molecule has 4 rings (SSSR count). The van der Waals surface area contributed by atoms with Gasteiger partial charge < -0.3 is 14.6 Å². The molecule has 0 aliphatic heterocycles. The number of benzene rings is 2. The van der Waals surface area contributed by atoms with Gasteiger partial charge in [0.25, 0.3) is 0 Å². The van der Waals surface area contributed by atoms with Crippen molar-refractivity contribution in [2.75, 3.05) is 0 Å². The van der Waals surface area contributed by atoms with Crippen LogP contribution in [-0.4, -0.2) is 28.1 Å². The third-order valence-electron chi connectivity index (χ3n) is 5.21. The molecule has 164 valence electrons. The van der Waals surface area contributed by atoms with Gasteiger partial charge in [0.15, 0.2) is 5.82 Å². The molecular weight excluding hydrogens is 414 g/mol. The van der Waals surface area contributed by atoms with Crippen LogP contribution < -0.4 is 4.74 Å². The summed E-state index contributed by atoms with van der Waals surface area (Å²) in [7, 11) is 0. The lowest BCUT2D eigenvalue weighted by Gasteiger charge is -2.19. The van der Waals surface area contributed by atoms with Gasteiger partial charge in [0.1, 0.15) is 23.4 Å². The topological polar surface area (TPSA) is 59.5 Å². The Labute approximate surface area is 176 Å². The predicted molar refractivity (Wildman–Crippen MR) is 108 cm³/mol. The lowest BCUT2D eigenvalue weighted by Crippen LogP contribution is -2.17. The maximum atomic E-state index is 14.4. The molecule has 3 aromatic rings. The standard InChI is InChI=1S/C22H21F4N3O2/c1-13(29-31-15-6-3-2-4-7-15)21-27-17-11-10-14(12-18(17)28-21)20-16(23)8-5-9-19(20)30-22(24,25)26/h5,8-12,15H,2-4,6-7H2,1H3,(H,27,28)/b29-13+. The summed E-state index contributed by atoms with van der Waals surface area (Å²) in [5, 5.41) is 4.18. The maximum absolute atomic E-state index is 14.4. The first-order chi connectivity index (χ1) is 14.8. The Hall–Kier alpha value is -3.10. The number of aromatic amines is 1. The number of halogens is 4. The number of oxime groups is 1. The van der Waals surface area contributed by atoms with Crippen LogP contribution in [0.3, 0.4) is 0 Å². The summed E-state index contributed by atoms with van der Waals surface area (Å²) in [5.41, 5.74) is 1.61. The van der Waals surface area contributed by atoms with Gasteiger partial charge in [0, 0.05) is 0 Å². The highest BCUT2D eigenvalue weighted by atomic mass is 19.4. The molecule has 1 aliphatic rings. The Balaban J connectivity index is 1.63. The zero-order chi connectivity index (χ0) is 22.0. The van der Waals surface area contributed by atoms with Crippen molar-refractivity contribution in [2.24, 2.45) is 5.16 Å². The van der Waals surface area contributed by atoms with Crippen LogP contribution in [0.25, 0.3) is 22.2 Å². The lowest BCUT2D eigenvalue weighted by atomic mass is 9.98. The summed E-state index contributed by atoms with van der Waals surface area (Å²) in [5.74, 6) is -0.951. The number of nitrogens with zero attached hydrogens (tertiary/aromatic N) is 2. The third kappa shape index (κ3) is 4.98. The molecule has 2 aromatic carbocycles. The van der Waals surface area contributed by atoms with Crippen molar-refractivity contribution in [3.63, 3.8) is 0 Å². The van der Waals surface area contributed by atoms with E-state index in [9.17, 15) is 17.6 Å². The number of rotatable bonds is 5. The summed E-state index contributed by atoms with van der Waals surface area (Å²) < 4.78 is 56.6. The fraction of sp³-hybridized carbons (Fsp3) is 0.364. The van der Waals surface area contributed by atoms with E-state index in [0.29, 0.717) is 22.6 Å². The smallest absolute Gasteiger partial charge is 0.405 e. The zero-order valence-electron chi connectivity index (χ0n) is 16.8. The van der Waals surface area contributed by atoms with Crippen LogP contribution in [0.15, 0.2) is 41.6 Å². The predicted octanol–water partition coefficient (Wildman–Crippen LogP) is 6.34. The van der Waals surface area contributed by atoms with E-state index in [1.165, 1.54) is 24.6 Å². The van der Waals surface area contributed by atoms with Crippen LogP contribution in [0.4, 0.5) is 17.6 Å². The Kier molecular flexibility index (Phi) is 5.84. The maximum Gasteiger partial charge on any atom is 0.573 e. The molecule has 1 heterocycles. The molecule has 0 bridgehead atoms. The summed E-state index contributed by atoms with van der Waals surface area (Å²) >= 11 is 0. The Morgan fingerprint density at radius 3 is 2.65 bits per heavy atom.